The standard InChI is InChI=1S/C20H24O4/c1-14(2)24-19(20(21)22)12-17-5-4-6-18(11-17)23-13-16-9-7-15(3)8-10-16/h4-11,14,19H,12-13H2,1-3H3,(H,21,22). The van der Waals surface area contributed by atoms with Crippen LogP contribution in [0.2, 0.25) is 0 Å². The van der Waals surface area contributed by atoms with E-state index in [1.54, 1.807) is 0 Å². The second kappa shape index (κ2) is 8.50. The van der Waals surface area contributed by atoms with E-state index in [4.69, 9.17) is 9.47 Å². The Labute approximate surface area is 143 Å². The normalized spacial score (nSPS) is 12.2. The van der Waals surface area contributed by atoms with E-state index in [0.29, 0.717) is 13.0 Å². The quantitative estimate of drug-likeness (QED) is 0.796. The Balaban J connectivity index is 1.99. The van der Waals surface area contributed by atoms with Crippen LogP contribution in [0.1, 0.15) is 30.5 Å². The van der Waals surface area contributed by atoms with E-state index in [9.17, 15) is 9.90 Å². The zero-order valence-corrected chi connectivity index (χ0v) is 14.4. The molecule has 0 aliphatic rings. The van der Waals surface area contributed by atoms with Crippen molar-refractivity contribution in [3.8, 4) is 5.75 Å². The van der Waals surface area contributed by atoms with Crippen LogP contribution in [-0.4, -0.2) is 23.3 Å². The molecule has 4 heteroatoms. The third kappa shape index (κ3) is 5.70. The predicted molar refractivity (Wildman–Crippen MR) is 93.3 cm³/mol. The summed E-state index contributed by atoms with van der Waals surface area (Å²) in [6, 6.07) is 15.7. The highest BCUT2D eigenvalue weighted by Crippen LogP contribution is 2.18. The zero-order valence-electron chi connectivity index (χ0n) is 14.4. The van der Waals surface area contributed by atoms with Crippen molar-refractivity contribution in [3.05, 3.63) is 65.2 Å². The van der Waals surface area contributed by atoms with Crippen molar-refractivity contribution in [2.75, 3.05) is 0 Å². The SMILES string of the molecule is Cc1ccc(COc2cccc(CC(OC(C)C)C(=O)O)c2)cc1. The molecule has 24 heavy (non-hydrogen) atoms. The summed E-state index contributed by atoms with van der Waals surface area (Å²) < 4.78 is 11.3. The second-order valence-electron chi connectivity index (χ2n) is 6.14. The Kier molecular flexibility index (Phi) is 6.38. The lowest BCUT2D eigenvalue weighted by Crippen LogP contribution is -2.29. The van der Waals surface area contributed by atoms with E-state index < -0.39 is 12.1 Å². The summed E-state index contributed by atoms with van der Waals surface area (Å²) in [4.78, 5) is 11.3. The molecule has 0 radical (unpaired) electrons. The number of hydrogen-bond acceptors (Lipinski definition) is 3. The summed E-state index contributed by atoms with van der Waals surface area (Å²) in [6.07, 6.45) is -0.667. The van der Waals surface area contributed by atoms with Crippen LogP contribution < -0.4 is 4.74 Å². The first kappa shape index (κ1) is 18.0. The molecule has 1 N–H and O–H groups in total. The summed E-state index contributed by atoms with van der Waals surface area (Å²) in [5.41, 5.74) is 3.19. The van der Waals surface area contributed by atoms with Crippen LogP contribution in [0, 0.1) is 6.92 Å². The third-order valence-corrected chi connectivity index (χ3v) is 3.56. The van der Waals surface area contributed by atoms with Crippen molar-refractivity contribution in [1.82, 2.24) is 0 Å². The highest BCUT2D eigenvalue weighted by atomic mass is 16.5. The predicted octanol–water partition coefficient (Wildman–Crippen LogP) is 3.99. The van der Waals surface area contributed by atoms with Crippen LogP contribution in [0.5, 0.6) is 5.75 Å². The van der Waals surface area contributed by atoms with E-state index in [-0.39, 0.29) is 6.10 Å². The highest BCUT2D eigenvalue weighted by molar-refractivity contribution is 5.72. The van der Waals surface area contributed by atoms with Crippen LogP contribution in [0.3, 0.4) is 0 Å². The molecule has 0 saturated heterocycles. The summed E-state index contributed by atoms with van der Waals surface area (Å²) in [5.74, 6) is -0.226. The monoisotopic (exact) mass is 328 g/mol. The molecule has 0 fully saturated rings. The van der Waals surface area contributed by atoms with Crippen LogP contribution in [0.4, 0.5) is 0 Å². The van der Waals surface area contributed by atoms with Gasteiger partial charge in [-0.1, -0.05) is 42.0 Å². The lowest BCUT2D eigenvalue weighted by atomic mass is 10.1. The summed E-state index contributed by atoms with van der Waals surface area (Å²) in [5, 5.41) is 9.27. The van der Waals surface area contributed by atoms with E-state index in [1.807, 2.05) is 57.2 Å². The molecule has 4 nitrogen and oxygen atoms in total. The number of carboxylic acids is 1. The molecule has 0 bridgehead atoms. The Morgan fingerprint density at radius 2 is 1.79 bits per heavy atom. The average Bonchev–Trinajstić information content (AvgIpc) is 2.53. The zero-order chi connectivity index (χ0) is 17.5. The maximum atomic E-state index is 11.3. The van der Waals surface area contributed by atoms with Crippen molar-refractivity contribution in [2.24, 2.45) is 0 Å². The smallest absolute Gasteiger partial charge is 0.333 e. The fraction of sp³-hybridized carbons (Fsp3) is 0.350. The van der Waals surface area contributed by atoms with Gasteiger partial charge in [-0.3, -0.25) is 0 Å². The fourth-order valence-corrected chi connectivity index (χ4v) is 2.35. The first-order valence-electron chi connectivity index (χ1n) is 8.09. The number of hydrogen-bond donors (Lipinski definition) is 1. The van der Waals surface area contributed by atoms with Gasteiger partial charge in [-0.15, -0.1) is 0 Å². The minimum absolute atomic E-state index is 0.132. The van der Waals surface area contributed by atoms with E-state index in [2.05, 4.69) is 12.1 Å². The Morgan fingerprint density at radius 3 is 2.42 bits per heavy atom. The Morgan fingerprint density at radius 1 is 1.08 bits per heavy atom. The van der Waals surface area contributed by atoms with Crippen molar-refractivity contribution in [2.45, 2.75) is 46.0 Å². The molecule has 2 aromatic rings. The molecular formula is C20H24O4. The summed E-state index contributed by atoms with van der Waals surface area (Å²) in [6.45, 7) is 6.19. The average molecular weight is 328 g/mol. The van der Waals surface area contributed by atoms with Gasteiger partial charge in [-0.25, -0.2) is 4.79 Å². The van der Waals surface area contributed by atoms with Crippen molar-refractivity contribution in [3.63, 3.8) is 0 Å². The fourth-order valence-electron chi connectivity index (χ4n) is 2.35. The number of aliphatic carboxylic acids is 1. The summed E-state index contributed by atoms with van der Waals surface area (Å²) in [7, 11) is 0. The van der Waals surface area contributed by atoms with Gasteiger partial charge in [-0.05, 0) is 44.0 Å². The first-order valence-corrected chi connectivity index (χ1v) is 8.09. The van der Waals surface area contributed by atoms with Gasteiger partial charge >= 0.3 is 5.97 Å². The number of benzene rings is 2. The molecule has 0 aliphatic heterocycles. The number of aryl methyl sites for hydroxylation is 1. The largest absolute Gasteiger partial charge is 0.489 e. The van der Waals surface area contributed by atoms with Crippen molar-refractivity contribution >= 4 is 5.97 Å². The van der Waals surface area contributed by atoms with Crippen molar-refractivity contribution < 1.29 is 19.4 Å². The molecule has 2 rings (SSSR count). The number of carboxylic acid groups (broad SMARTS) is 1. The molecule has 0 spiro atoms. The van der Waals surface area contributed by atoms with Crippen LogP contribution in [0.25, 0.3) is 0 Å². The molecule has 0 heterocycles. The Hall–Kier alpha value is -2.33. The molecule has 2 aromatic carbocycles. The van der Waals surface area contributed by atoms with E-state index >= 15 is 0 Å². The lowest BCUT2D eigenvalue weighted by Gasteiger charge is -2.17. The van der Waals surface area contributed by atoms with Gasteiger partial charge in [0.2, 0.25) is 0 Å². The lowest BCUT2D eigenvalue weighted by molar-refractivity contribution is -0.153. The van der Waals surface area contributed by atoms with E-state index in [1.165, 1.54) is 5.56 Å². The molecule has 1 atom stereocenters. The molecule has 0 aliphatic carbocycles. The minimum atomic E-state index is -0.949. The highest BCUT2D eigenvalue weighted by Gasteiger charge is 2.20. The van der Waals surface area contributed by atoms with Crippen LogP contribution in [0.15, 0.2) is 48.5 Å². The van der Waals surface area contributed by atoms with E-state index in [0.717, 1.165) is 16.9 Å². The second-order valence-corrected chi connectivity index (χ2v) is 6.14. The molecule has 128 valence electrons. The van der Waals surface area contributed by atoms with Crippen LogP contribution >= 0.6 is 0 Å². The number of ether oxygens (including phenoxy) is 2. The molecule has 0 amide bonds. The molecule has 1 unspecified atom stereocenters. The van der Waals surface area contributed by atoms with Gasteiger partial charge in [0, 0.05) is 6.42 Å². The molecular weight excluding hydrogens is 304 g/mol. The van der Waals surface area contributed by atoms with Gasteiger partial charge in [-0.2, -0.15) is 0 Å². The summed E-state index contributed by atoms with van der Waals surface area (Å²) >= 11 is 0. The number of rotatable bonds is 8. The minimum Gasteiger partial charge on any atom is -0.489 e. The van der Waals surface area contributed by atoms with Crippen molar-refractivity contribution in [1.29, 1.82) is 0 Å². The van der Waals surface area contributed by atoms with Gasteiger partial charge in [0.1, 0.15) is 12.4 Å². The van der Waals surface area contributed by atoms with Crippen LogP contribution in [-0.2, 0) is 22.6 Å². The van der Waals surface area contributed by atoms with Gasteiger partial charge < -0.3 is 14.6 Å². The molecule has 0 aromatic heterocycles. The maximum Gasteiger partial charge on any atom is 0.333 e. The maximum absolute atomic E-state index is 11.3. The van der Waals surface area contributed by atoms with Gasteiger partial charge in [0.25, 0.3) is 0 Å². The topological polar surface area (TPSA) is 55.8 Å². The molecule has 0 saturated carbocycles. The first-order chi connectivity index (χ1) is 11.4. The third-order valence-electron chi connectivity index (χ3n) is 3.56. The van der Waals surface area contributed by atoms with Gasteiger partial charge in [0.05, 0.1) is 6.10 Å². The Bertz CT molecular complexity index is 662. The van der Waals surface area contributed by atoms with Gasteiger partial charge in [0.15, 0.2) is 6.10 Å². The number of carbonyl (C=O) groups is 1.